The fraction of sp³-hybridized carbons (Fsp3) is 0.182. The van der Waals surface area contributed by atoms with E-state index in [1.165, 1.54) is 12.1 Å². The first kappa shape index (κ1) is 20.5. The van der Waals surface area contributed by atoms with Gasteiger partial charge in [-0.1, -0.05) is 39.7 Å². The second kappa shape index (κ2) is 9.80. The Hall–Kier alpha value is -2.24. The van der Waals surface area contributed by atoms with Gasteiger partial charge in [0.25, 0.3) is 0 Å². The van der Waals surface area contributed by atoms with E-state index in [-0.39, 0.29) is 12.4 Å². The minimum absolute atomic E-state index is 0.232. The lowest BCUT2D eigenvalue weighted by molar-refractivity contribution is 0.269. The van der Waals surface area contributed by atoms with Gasteiger partial charge in [0.1, 0.15) is 12.4 Å². The highest BCUT2D eigenvalue weighted by molar-refractivity contribution is 9.10. The molecule has 0 aliphatic carbocycles. The highest BCUT2D eigenvalue weighted by atomic mass is 79.9. The highest BCUT2D eigenvalue weighted by Crippen LogP contribution is 2.30. The molecule has 28 heavy (non-hydrogen) atoms. The van der Waals surface area contributed by atoms with Gasteiger partial charge in [-0.3, -0.25) is 0 Å². The SMILES string of the molecule is CCOc1cc(CNc2ccc(Br)cc2)ccc1OCc1ccc(F)cc1Cl. The van der Waals surface area contributed by atoms with E-state index >= 15 is 0 Å². The molecule has 1 N–H and O–H groups in total. The van der Waals surface area contributed by atoms with Crippen molar-refractivity contribution >= 4 is 33.2 Å². The molecule has 0 unspecified atom stereocenters. The van der Waals surface area contributed by atoms with Crippen LogP contribution in [0.3, 0.4) is 0 Å². The van der Waals surface area contributed by atoms with Gasteiger partial charge in [0.2, 0.25) is 0 Å². The van der Waals surface area contributed by atoms with Gasteiger partial charge in [0.05, 0.1) is 11.6 Å². The Morgan fingerprint density at radius 2 is 1.75 bits per heavy atom. The number of hydrogen-bond acceptors (Lipinski definition) is 3. The van der Waals surface area contributed by atoms with E-state index in [0.29, 0.717) is 35.2 Å². The number of rotatable bonds is 8. The predicted molar refractivity (Wildman–Crippen MR) is 115 cm³/mol. The van der Waals surface area contributed by atoms with Gasteiger partial charge >= 0.3 is 0 Å². The molecule has 0 bridgehead atoms. The maximum absolute atomic E-state index is 13.2. The molecule has 0 atom stereocenters. The number of nitrogens with one attached hydrogen (secondary N) is 1. The van der Waals surface area contributed by atoms with Crippen molar-refractivity contribution in [2.24, 2.45) is 0 Å². The number of ether oxygens (including phenoxy) is 2. The molecule has 3 aromatic carbocycles. The number of halogens is 3. The Bertz CT molecular complexity index is 934. The smallest absolute Gasteiger partial charge is 0.161 e. The monoisotopic (exact) mass is 463 g/mol. The second-order valence-electron chi connectivity index (χ2n) is 6.10. The van der Waals surface area contributed by atoms with Gasteiger partial charge in [-0.05, 0) is 61.0 Å². The minimum atomic E-state index is -0.369. The Labute approximate surface area is 177 Å². The predicted octanol–water partition coefficient (Wildman–Crippen LogP) is 6.83. The molecule has 0 aliphatic rings. The summed E-state index contributed by atoms with van der Waals surface area (Å²) in [6, 6.07) is 18.1. The van der Waals surface area contributed by atoms with Crippen LogP contribution < -0.4 is 14.8 Å². The van der Waals surface area contributed by atoms with Gasteiger partial charge in [-0.25, -0.2) is 4.39 Å². The molecule has 0 aliphatic heterocycles. The Morgan fingerprint density at radius 3 is 2.46 bits per heavy atom. The number of hydrogen-bond donors (Lipinski definition) is 1. The van der Waals surface area contributed by atoms with Crippen molar-refractivity contribution in [3.63, 3.8) is 0 Å². The summed E-state index contributed by atoms with van der Waals surface area (Å²) in [6.07, 6.45) is 0. The lowest BCUT2D eigenvalue weighted by Gasteiger charge is -2.15. The molecule has 0 spiro atoms. The molecule has 3 aromatic rings. The van der Waals surface area contributed by atoms with Crippen molar-refractivity contribution in [2.75, 3.05) is 11.9 Å². The lowest BCUT2D eigenvalue weighted by atomic mass is 10.2. The van der Waals surface area contributed by atoms with Crippen LogP contribution in [0, 0.1) is 5.82 Å². The summed E-state index contributed by atoms with van der Waals surface area (Å²) in [6.45, 7) is 3.34. The molecule has 0 saturated carbocycles. The summed E-state index contributed by atoms with van der Waals surface area (Å²) in [5.74, 6) is 0.914. The molecule has 146 valence electrons. The fourth-order valence-corrected chi connectivity index (χ4v) is 3.10. The summed E-state index contributed by atoms with van der Waals surface area (Å²) in [7, 11) is 0. The Morgan fingerprint density at radius 1 is 0.964 bits per heavy atom. The summed E-state index contributed by atoms with van der Waals surface area (Å²) < 4.78 is 25.8. The molecule has 0 aromatic heterocycles. The minimum Gasteiger partial charge on any atom is -0.490 e. The van der Waals surface area contributed by atoms with E-state index in [0.717, 1.165) is 15.7 Å². The van der Waals surface area contributed by atoms with Gasteiger partial charge in [0.15, 0.2) is 11.5 Å². The zero-order valence-corrected chi connectivity index (χ0v) is 17.7. The Kier molecular flexibility index (Phi) is 7.18. The van der Waals surface area contributed by atoms with E-state index in [4.69, 9.17) is 21.1 Å². The van der Waals surface area contributed by atoms with Crippen molar-refractivity contribution in [2.45, 2.75) is 20.1 Å². The molecular formula is C22H20BrClFNO2. The van der Waals surface area contributed by atoms with Crippen LogP contribution in [0.25, 0.3) is 0 Å². The van der Waals surface area contributed by atoms with Gasteiger partial charge < -0.3 is 14.8 Å². The van der Waals surface area contributed by atoms with Gasteiger partial charge in [0, 0.05) is 22.3 Å². The van der Waals surface area contributed by atoms with Crippen LogP contribution in [0.4, 0.5) is 10.1 Å². The van der Waals surface area contributed by atoms with Crippen LogP contribution in [-0.4, -0.2) is 6.61 Å². The average Bonchev–Trinajstić information content (AvgIpc) is 2.68. The third kappa shape index (κ3) is 5.63. The average molecular weight is 465 g/mol. The molecule has 0 heterocycles. The first-order valence-corrected chi connectivity index (χ1v) is 10.0. The van der Waals surface area contributed by atoms with Crippen LogP contribution in [0.2, 0.25) is 5.02 Å². The molecule has 0 radical (unpaired) electrons. The van der Waals surface area contributed by atoms with Gasteiger partial charge in [-0.2, -0.15) is 0 Å². The highest BCUT2D eigenvalue weighted by Gasteiger charge is 2.09. The van der Waals surface area contributed by atoms with Crippen LogP contribution in [-0.2, 0) is 13.2 Å². The molecule has 6 heteroatoms. The topological polar surface area (TPSA) is 30.5 Å². The summed E-state index contributed by atoms with van der Waals surface area (Å²) in [5.41, 5.74) is 2.82. The van der Waals surface area contributed by atoms with Crippen LogP contribution in [0.5, 0.6) is 11.5 Å². The largest absolute Gasteiger partial charge is 0.490 e. The van der Waals surface area contributed by atoms with Crippen molar-refractivity contribution in [3.05, 3.63) is 87.1 Å². The van der Waals surface area contributed by atoms with E-state index in [1.807, 2.05) is 49.4 Å². The van der Waals surface area contributed by atoms with Crippen molar-refractivity contribution < 1.29 is 13.9 Å². The molecule has 3 nitrogen and oxygen atoms in total. The first-order chi connectivity index (χ1) is 13.5. The molecule has 0 amide bonds. The third-order valence-corrected chi connectivity index (χ3v) is 4.93. The zero-order chi connectivity index (χ0) is 19.9. The first-order valence-electron chi connectivity index (χ1n) is 8.87. The molecule has 0 fully saturated rings. The van der Waals surface area contributed by atoms with Crippen LogP contribution in [0.15, 0.2) is 65.1 Å². The summed E-state index contributed by atoms with van der Waals surface area (Å²) >= 11 is 9.50. The molecule has 3 rings (SSSR count). The van der Waals surface area contributed by atoms with E-state index < -0.39 is 0 Å². The fourth-order valence-electron chi connectivity index (χ4n) is 2.62. The normalized spacial score (nSPS) is 10.6. The van der Waals surface area contributed by atoms with E-state index in [2.05, 4.69) is 21.2 Å². The van der Waals surface area contributed by atoms with E-state index in [9.17, 15) is 4.39 Å². The number of benzene rings is 3. The van der Waals surface area contributed by atoms with Crippen LogP contribution in [0.1, 0.15) is 18.1 Å². The van der Waals surface area contributed by atoms with Crippen molar-refractivity contribution in [3.8, 4) is 11.5 Å². The third-order valence-electron chi connectivity index (χ3n) is 4.05. The lowest BCUT2D eigenvalue weighted by Crippen LogP contribution is -2.03. The van der Waals surface area contributed by atoms with E-state index in [1.54, 1.807) is 6.07 Å². The Balaban J connectivity index is 1.68. The maximum atomic E-state index is 13.2. The van der Waals surface area contributed by atoms with Crippen molar-refractivity contribution in [1.82, 2.24) is 0 Å². The quantitative estimate of drug-likeness (QED) is 0.396. The second-order valence-corrected chi connectivity index (χ2v) is 7.42. The zero-order valence-electron chi connectivity index (χ0n) is 15.3. The summed E-state index contributed by atoms with van der Waals surface area (Å²) in [4.78, 5) is 0. The van der Waals surface area contributed by atoms with Crippen LogP contribution >= 0.6 is 27.5 Å². The standard InChI is InChI=1S/C22H20BrClFNO2/c1-2-27-22-11-15(13-26-19-8-5-17(23)6-9-19)3-10-21(22)28-14-16-4-7-18(25)12-20(16)24/h3-12,26H,2,13-14H2,1H3. The number of anilines is 1. The summed E-state index contributed by atoms with van der Waals surface area (Å²) in [5, 5.41) is 3.72. The van der Waals surface area contributed by atoms with Gasteiger partial charge in [-0.15, -0.1) is 0 Å². The molecule has 0 saturated heterocycles. The maximum Gasteiger partial charge on any atom is 0.161 e. The van der Waals surface area contributed by atoms with Crippen molar-refractivity contribution in [1.29, 1.82) is 0 Å². The molecular weight excluding hydrogens is 445 g/mol.